The van der Waals surface area contributed by atoms with Crippen LogP contribution in [0.2, 0.25) is 0 Å². The van der Waals surface area contributed by atoms with Gasteiger partial charge in [-0.05, 0) is 67.4 Å². The smallest absolute Gasteiger partial charge is 0.264 e. The third-order valence-electron chi connectivity index (χ3n) is 6.54. The Morgan fingerprint density at radius 1 is 0.951 bits per heavy atom. The molecule has 0 radical (unpaired) electrons. The first-order chi connectivity index (χ1) is 19.6. The van der Waals surface area contributed by atoms with Crippen molar-refractivity contribution in [2.45, 2.75) is 44.2 Å². The number of benzene rings is 3. The Bertz CT molecular complexity index is 1410. The Balaban J connectivity index is 2.03. The molecule has 0 heterocycles. The highest BCUT2D eigenvalue weighted by atomic mass is 32.2. The Morgan fingerprint density at radius 2 is 1.61 bits per heavy atom. The zero-order valence-electron chi connectivity index (χ0n) is 23.7. The van der Waals surface area contributed by atoms with E-state index in [2.05, 4.69) is 5.32 Å². The molecular weight excluding hydrogens is 549 g/mol. The number of methoxy groups -OCH3 is 2. The number of para-hydroxylation sites is 2. The number of carbonyl (C=O) groups is 2. The Morgan fingerprint density at radius 3 is 2.22 bits per heavy atom. The van der Waals surface area contributed by atoms with Gasteiger partial charge in [-0.1, -0.05) is 37.6 Å². The number of amides is 2. The fourth-order valence-corrected chi connectivity index (χ4v) is 5.55. The quantitative estimate of drug-likeness (QED) is 0.282. The van der Waals surface area contributed by atoms with E-state index in [4.69, 9.17) is 9.47 Å². The van der Waals surface area contributed by atoms with Crippen LogP contribution in [0, 0.1) is 5.82 Å². The first-order valence-corrected chi connectivity index (χ1v) is 14.7. The van der Waals surface area contributed by atoms with E-state index in [0.717, 1.165) is 17.1 Å². The zero-order valence-corrected chi connectivity index (χ0v) is 24.5. The highest BCUT2D eigenvalue weighted by Gasteiger charge is 2.33. The van der Waals surface area contributed by atoms with Crippen molar-refractivity contribution in [1.29, 1.82) is 0 Å². The number of carbonyl (C=O) groups excluding carboxylic acids is 2. The number of sulfonamides is 1. The van der Waals surface area contributed by atoms with Gasteiger partial charge in [-0.3, -0.25) is 13.9 Å². The largest absolute Gasteiger partial charge is 0.497 e. The van der Waals surface area contributed by atoms with E-state index < -0.39 is 34.3 Å². The molecule has 0 fully saturated rings. The lowest BCUT2D eigenvalue weighted by molar-refractivity contribution is -0.139. The molecule has 3 aromatic carbocycles. The second-order valence-corrected chi connectivity index (χ2v) is 11.2. The van der Waals surface area contributed by atoms with Crippen molar-refractivity contribution in [2.75, 3.05) is 31.6 Å². The lowest BCUT2D eigenvalue weighted by Crippen LogP contribution is -2.51. The topological polar surface area (TPSA) is 105 Å². The maximum atomic E-state index is 14.0. The second-order valence-electron chi connectivity index (χ2n) is 9.33. The van der Waals surface area contributed by atoms with Crippen molar-refractivity contribution in [1.82, 2.24) is 10.2 Å². The number of nitrogens with one attached hydrogen (secondary N) is 1. The van der Waals surface area contributed by atoms with Gasteiger partial charge in [0.2, 0.25) is 11.8 Å². The lowest BCUT2D eigenvalue weighted by atomic mass is 10.1. The normalized spacial score (nSPS) is 11.8. The van der Waals surface area contributed by atoms with E-state index in [1.165, 1.54) is 67.7 Å². The van der Waals surface area contributed by atoms with E-state index in [1.54, 1.807) is 31.2 Å². The minimum atomic E-state index is -4.28. The van der Waals surface area contributed by atoms with Crippen LogP contribution in [0.25, 0.3) is 0 Å². The minimum absolute atomic E-state index is 0.0379. The van der Waals surface area contributed by atoms with Gasteiger partial charge in [0.25, 0.3) is 10.0 Å². The summed E-state index contributed by atoms with van der Waals surface area (Å²) in [6.45, 7) is 3.35. The van der Waals surface area contributed by atoms with Gasteiger partial charge in [-0.15, -0.1) is 0 Å². The monoisotopic (exact) mass is 585 g/mol. The van der Waals surface area contributed by atoms with E-state index in [1.807, 2.05) is 6.92 Å². The molecule has 11 heteroatoms. The Hall–Kier alpha value is -4.12. The lowest BCUT2D eigenvalue weighted by Gasteiger charge is -2.32. The third kappa shape index (κ3) is 7.97. The number of unbranched alkanes of at least 4 members (excludes halogenated alkanes) is 1. The van der Waals surface area contributed by atoms with Crippen LogP contribution < -0.4 is 19.1 Å². The van der Waals surface area contributed by atoms with Gasteiger partial charge in [0.15, 0.2) is 0 Å². The standard InChI is InChI=1S/C30H36FN3O6S/c1-5-6-19-32-30(36)22(2)33(20-23-11-13-24(31)14-12-23)29(35)21-34(27-9-7-8-10-28(27)40-4)41(37,38)26-17-15-25(39-3)16-18-26/h7-18,22H,5-6,19-21H2,1-4H3,(H,32,36)/t22-/m0/s1. The van der Waals surface area contributed by atoms with E-state index >= 15 is 0 Å². The molecule has 3 aromatic rings. The fourth-order valence-electron chi connectivity index (χ4n) is 4.13. The molecule has 0 aliphatic heterocycles. The molecule has 0 spiro atoms. The van der Waals surface area contributed by atoms with Crippen molar-refractivity contribution in [3.05, 3.63) is 84.2 Å². The van der Waals surface area contributed by atoms with Crippen LogP contribution in [0.1, 0.15) is 32.3 Å². The van der Waals surface area contributed by atoms with E-state index in [0.29, 0.717) is 17.9 Å². The zero-order chi connectivity index (χ0) is 30.0. The minimum Gasteiger partial charge on any atom is -0.497 e. The summed E-state index contributed by atoms with van der Waals surface area (Å²) in [6.07, 6.45) is 1.65. The highest BCUT2D eigenvalue weighted by Crippen LogP contribution is 2.33. The molecule has 0 unspecified atom stereocenters. The van der Waals surface area contributed by atoms with Crippen LogP contribution in [-0.4, -0.2) is 58.5 Å². The van der Waals surface area contributed by atoms with Crippen LogP contribution in [0.15, 0.2) is 77.7 Å². The maximum absolute atomic E-state index is 14.0. The second kappa shape index (κ2) is 14.5. The van der Waals surface area contributed by atoms with Crippen molar-refractivity contribution in [2.24, 2.45) is 0 Å². The van der Waals surface area contributed by atoms with Crippen LogP contribution in [0.4, 0.5) is 10.1 Å². The number of anilines is 1. The van der Waals surface area contributed by atoms with Crippen LogP contribution in [0.3, 0.4) is 0 Å². The number of hydrogen-bond acceptors (Lipinski definition) is 6. The van der Waals surface area contributed by atoms with Crippen LogP contribution in [0.5, 0.6) is 11.5 Å². The predicted octanol–water partition coefficient (Wildman–Crippen LogP) is 4.37. The number of nitrogens with zero attached hydrogens (tertiary/aromatic N) is 2. The number of rotatable bonds is 14. The highest BCUT2D eigenvalue weighted by molar-refractivity contribution is 7.92. The molecule has 220 valence electrons. The molecule has 0 bridgehead atoms. The van der Waals surface area contributed by atoms with Crippen LogP contribution >= 0.6 is 0 Å². The number of hydrogen-bond donors (Lipinski definition) is 1. The number of halogens is 1. The summed E-state index contributed by atoms with van der Waals surface area (Å²) in [7, 11) is -1.41. The van der Waals surface area contributed by atoms with Gasteiger partial charge in [0.05, 0.1) is 24.8 Å². The van der Waals surface area contributed by atoms with Crippen molar-refractivity contribution >= 4 is 27.5 Å². The SMILES string of the molecule is CCCCNC(=O)[C@H](C)N(Cc1ccc(F)cc1)C(=O)CN(c1ccccc1OC)S(=O)(=O)c1ccc(OC)cc1. The summed E-state index contributed by atoms with van der Waals surface area (Å²) in [6, 6.07) is 16.9. The fraction of sp³-hybridized carbons (Fsp3) is 0.333. The number of ether oxygens (including phenoxy) is 2. The molecule has 0 saturated heterocycles. The molecule has 2 amide bonds. The molecule has 0 aliphatic carbocycles. The van der Waals surface area contributed by atoms with Crippen molar-refractivity contribution < 1.29 is 31.9 Å². The third-order valence-corrected chi connectivity index (χ3v) is 8.32. The van der Waals surface area contributed by atoms with Gasteiger partial charge >= 0.3 is 0 Å². The average Bonchev–Trinajstić information content (AvgIpc) is 2.99. The van der Waals surface area contributed by atoms with Gasteiger partial charge in [-0.2, -0.15) is 0 Å². The Labute approximate surface area is 240 Å². The van der Waals surface area contributed by atoms with Crippen LogP contribution in [-0.2, 0) is 26.2 Å². The molecule has 41 heavy (non-hydrogen) atoms. The molecule has 0 aliphatic rings. The first-order valence-electron chi connectivity index (χ1n) is 13.2. The van der Waals surface area contributed by atoms with Gasteiger partial charge in [-0.25, -0.2) is 12.8 Å². The van der Waals surface area contributed by atoms with Gasteiger partial charge in [0, 0.05) is 13.1 Å². The molecule has 9 nitrogen and oxygen atoms in total. The summed E-state index contributed by atoms with van der Waals surface area (Å²) >= 11 is 0. The Kier molecular flexibility index (Phi) is 11.1. The molecule has 1 N–H and O–H groups in total. The molecule has 0 aromatic heterocycles. The summed E-state index contributed by atoms with van der Waals surface area (Å²) in [4.78, 5) is 28.2. The van der Waals surface area contributed by atoms with E-state index in [9.17, 15) is 22.4 Å². The predicted molar refractivity (Wildman–Crippen MR) is 155 cm³/mol. The average molecular weight is 586 g/mol. The summed E-state index contributed by atoms with van der Waals surface area (Å²) < 4.78 is 53.1. The molecule has 0 saturated carbocycles. The summed E-state index contributed by atoms with van der Waals surface area (Å²) in [5.41, 5.74) is 0.732. The maximum Gasteiger partial charge on any atom is 0.264 e. The molecular formula is C30H36FN3O6S. The van der Waals surface area contributed by atoms with Gasteiger partial charge in [0.1, 0.15) is 29.9 Å². The summed E-state index contributed by atoms with van der Waals surface area (Å²) in [5.74, 6) is -0.735. The first kappa shape index (κ1) is 31.4. The molecule has 3 rings (SSSR count). The van der Waals surface area contributed by atoms with Crippen molar-refractivity contribution in [3.8, 4) is 11.5 Å². The van der Waals surface area contributed by atoms with E-state index in [-0.39, 0.29) is 28.8 Å². The summed E-state index contributed by atoms with van der Waals surface area (Å²) in [5, 5.41) is 2.83. The van der Waals surface area contributed by atoms with Crippen molar-refractivity contribution in [3.63, 3.8) is 0 Å². The molecule has 1 atom stereocenters. The van der Waals surface area contributed by atoms with Gasteiger partial charge < -0.3 is 19.7 Å².